The third kappa shape index (κ3) is 2.74. The van der Waals surface area contributed by atoms with Crippen LogP contribution in [-0.4, -0.2) is 49.3 Å². The number of fused-ring (bicyclic) bond motifs is 2. The zero-order valence-corrected chi connectivity index (χ0v) is 17.5. The summed E-state index contributed by atoms with van der Waals surface area (Å²) in [6, 6.07) is 5.36. The lowest BCUT2D eigenvalue weighted by molar-refractivity contribution is -0.0819. The van der Waals surface area contributed by atoms with Crippen LogP contribution in [0.5, 0.6) is 11.5 Å². The highest BCUT2D eigenvalue weighted by Gasteiger charge is 2.52. The van der Waals surface area contributed by atoms with E-state index in [0.717, 1.165) is 35.2 Å². The first-order valence-electron chi connectivity index (χ1n) is 10.6. The maximum atomic E-state index is 5.57. The van der Waals surface area contributed by atoms with Crippen LogP contribution in [-0.2, 0) is 12.8 Å². The van der Waals surface area contributed by atoms with Gasteiger partial charge in [0.2, 0.25) is 0 Å². The van der Waals surface area contributed by atoms with Gasteiger partial charge in [0.25, 0.3) is 0 Å². The lowest BCUT2D eigenvalue weighted by Crippen LogP contribution is -2.66. The van der Waals surface area contributed by atoms with Gasteiger partial charge >= 0.3 is 0 Å². The highest BCUT2D eigenvalue weighted by Crippen LogP contribution is 2.51. The van der Waals surface area contributed by atoms with Crippen molar-refractivity contribution < 1.29 is 9.47 Å². The molecule has 1 aromatic heterocycles. The highest BCUT2D eigenvalue weighted by molar-refractivity contribution is 5.96. The van der Waals surface area contributed by atoms with Crippen LogP contribution in [0, 0.1) is 5.41 Å². The van der Waals surface area contributed by atoms with Crippen LogP contribution in [0.3, 0.4) is 0 Å². The predicted molar refractivity (Wildman–Crippen MR) is 113 cm³/mol. The summed E-state index contributed by atoms with van der Waals surface area (Å²) in [5.74, 6) is 1.52. The number of nitrogens with zero attached hydrogens (tertiary/aromatic N) is 2. The van der Waals surface area contributed by atoms with Crippen molar-refractivity contribution in [2.24, 2.45) is 5.41 Å². The quantitative estimate of drug-likeness (QED) is 0.847. The average Bonchev–Trinajstić information content (AvgIpc) is 3.08. The number of pyridine rings is 1. The molecule has 1 spiro atoms. The van der Waals surface area contributed by atoms with Gasteiger partial charge in [-0.3, -0.25) is 9.88 Å². The van der Waals surface area contributed by atoms with Crippen LogP contribution in [0.2, 0.25) is 0 Å². The third-order valence-electron chi connectivity index (χ3n) is 7.03. The van der Waals surface area contributed by atoms with E-state index in [-0.39, 0.29) is 0 Å². The van der Waals surface area contributed by atoms with E-state index in [1.807, 2.05) is 6.07 Å². The van der Waals surface area contributed by atoms with Crippen molar-refractivity contribution in [2.75, 3.05) is 32.6 Å². The Labute approximate surface area is 167 Å². The summed E-state index contributed by atoms with van der Waals surface area (Å²) < 4.78 is 11.1. The molecule has 5 rings (SSSR count). The van der Waals surface area contributed by atoms with E-state index < -0.39 is 0 Å². The van der Waals surface area contributed by atoms with Crippen molar-refractivity contribution >= 4 is 16.6 Å². The van der Waals surface area contributed by atoms with Gasteiger partial charge in [0.15, 0.2) is 11.5 Å². The van der Waals surface area contributed by atoms with Crippen molar-refractivity contribution in [3.8, 4) is 11.5 Å². The van der Waals surface area contributed by atoms with Crippen molar-refractivity contribution in [3.63, 3.8) is 0 Å². The van der Waals surface area contributed by atoms with Crippen molar-refractivity contribution in [1.29, 1.82) is 0 Å². The number of hydrogen-bond donors (Lipinski definition) is 1. The van der Waals surface area contributed by atoms with Crippen LogP contribution in [0.1, 0.15) is 44.4 Å². The number of aromatic nitrogens is 1. The summed E-state index contributed by atoms with van der Waals surface area (Å²) in [5, 5.41) is 5.09. The second-order valence-electron chi connectivity index (χ2n) is 9.24. The topological polar surface area (TPSA) is 46.6 Å². The number of hydrogen-bond acceptors (Lipinski definition) is 5. The summed E-state index contributed by atoms with van der Waals surface area (Å²) in [4.78, 5) is 7.54. The van der Waals surface area contributed by atoms with Crippen LogP contribution >= 0.6 is 0 Å². The molecule has 0 bridgehead atoms. The molecule has 2 heterocycles. The van der Waals surface area contributed by atoms with E-state index in [1.54, 1.807) is 14.2 Å². The third-order valence-corrected chi connectivity index (χ3v) is 7.03. The fraction of sp³-hybridized carbons (Fsp3) is 0.609. The zero-order chi connectivity index (χ0) is 19.5. The molecule has 1 aromatic carbocycles. The van der Waals surface area contributed by atoms with Gasteiger partial charge in [-0.15, -0.1) is 0 Å². The number of anilines is 1. The normalized spacial score (nSPS) is 20.9. The van der Waals surface area contributed by atoms with Crippen molar-refractivity contribution in [3.05, 3.63) is 23.4 Å². The number of methoxy groups -OCH3 is 2. The van der Waals surface area contributed by atoms with Gasteiger partial charge in [-0.25, -0.2) is 0 Å². The van der Waals surface area contributed by atoms with E-state index in [4.69, 9.17) is 14.5 Å². The van der Waals surface area contributed by atoms with Gasteiger partial charge in [-0.2, -0.15) is 0 Å². The van der Waals surface area contributed by atoms with Gasteiger partial charge in [0.05, 0.1) is 19.7 Å². The minimum absolute atomic E-state index is 0.564. The molecule has 0 unspecified atom stereocenters. The molecular weight excluding hydrogens is 350 g/mol. The molecule has 1 aliphatic heterocycles. The molecule has 28 heavy (non-hydrogen) atoms. The Morgan fingerprint density at radius 1 is 1.11 bits per heavy atom. The van der Waals surface area contributed by atoms with Crippen LogP contribution < -0.4 is 14.8 Å². The Hall–Kier alpha value is -2.01. The molecule has 5 nitrogen and oxygen atoms in total. The van der Waals surface area contributed by atoms with E-state index in [0.29, 0.717) is 17.5 Å². The zero-order valence-electron chi connectivity index (χ0n) is 17.5. The Morgan fingerprint density at radius 2 is 1.82 bits per heavy atom. The van der Waals surface area contributed by atoms with Gasteiger partial charge in [0.1, 0.15) is 0 Å². The Kier molecular flexibility index (Phi) is 4.20. The maximum Gasteiger partial charge on any atom is 0.162 e. The lowest BCUT2D eigenvalue weighted by Gasteiger charge is -2.60. The molecule has 2 aromatic rings. The van der Waals surface area contributed by atoms with Crippen molar-refractivity contribution in [2.45, 2.75) is 58.0 Å². The van der Waals surface area contributed by atoms with Crippen molar-refractivity contribution in [1.82, 2.24) is 9.88 Å². The molecule has 150 valence electrons. The van der Waals surface area contributed by atoms with Gasteiger partial charge in [-0.05, 0) is 63.0 Å². The summed E-state index contributed by atoms with van der Waals surface area (Å²) in [5.41, 5.74) is 5.53. The first-order chi connectivity index (χ1) is 13.5. The second-order valence-corrected chi connectivity index (χ2v) is 9.24. The van der Waals surface area contributed by atoms with E-state index in [1.165, 1.54) is 49.3 Å². The fourth-order valence-corrected chi connectivity index (χ4v) is 5.48. The Morgan fingerprint density at radius 3 is 2.50 bits per heavy atom. The first-order valence-corrected chi connectivity index (χ1v) is 10.6. The summed E-state index contributed by atoms with van der Waals surface area (Å²) in [6.45, 7) is 7.14. The molecule has 0 atom stereocenters. The molecule has 1 N–H and O–H groups in total. The monoisotopic (exact) mass is 381 g/mol. The van der Waals surface area contributed by atoms with Crippen LogP contribution in [0.15, 0.2) is 12.1 Å². The molecule has 0 amide bonds. The van der Waals surface area contributed by atoms with E-state index in [9.17, 15) is 0 Å². The maximum absolute atomic E-state index is 5.57. The SMILES string of the molecule is COc1cc2nc3c(c(NC4CC5(C4)CN(C(C)C)C5)c2cc1OC)CCC3. The Balaban J connectivity index is 1.44. The first kappa shape index (κ1) is 18.0. The number of nitrogens with one attached hydrogen (secondary N) is 1. The van der Waals surface area contributed by atoms with E-state index in [2.05, 4.69) is 30.1 Å². The predicted octanol–water partition coefficient (Wildman–Crippen LogP) is 4.03. The summed E-state index contributed by atoms with van der Waals surface area (Å²) in [7, 11) is 3.38. The van der Waals surface area contributed by atoms with Gasteiger partial charge < -0.3 is 14.8 Å². The summed E-state index contributed by atoms with van der Waals surface area (Å²) in [6.07, 6.45) is 5.95. The summed E-state index contributed by atoms with van der Waals surface area (Å²) >= 11 is 0. The standard InChI is InChI=1S/C23H31N3O2/c1-14(2)26-12-23(13-26)10-15(11-23)24-22-16-6-5-7-18(16)25-19-9-21(28-4)20(27-3)8-17(19)22/h8-9,14-15H,5-7,10-13H2,1-4H3,(H,24,25). The number of benzene rings is 1. The van der Waals surface area contributed by atoms with Gasteiger partial charge in [0, 0.05) is 48.0 Å². The lowest BCUT2D eigenvalue weighted by atomic mass is 9.60. The minimum Gasteiger partial charge on any atom is -0.493 e. The minimum atomic E-state index is 0.564. The molecule has 1 saturated heterocycles. The molecular formula is C23H31N3O2. The van der Waals surface area contributed by atoms with Crippen LogP contribution in [0.25, 0.3) is 10.9 Å². The van der Waals surface area contributed by atoms with E-state index >= 15 is 0 Å². The molecule has 5 heteroatoms. The molecule has 2 fully saturated rings. The fourth-order valence-electron chi connectivity index (χ4n) is 5.48. The molecule has 0 radical (unpaired) electrons. The second kappa shape index (κ2) is 6.51. The molecule has 1 saturated carbocycles. The number of aryl methyl sites for hydroxylation is 1. The Bertz CT molecular complexity index is 910. The number of likely N-dealkylation sites (tertiary alicyclic amines) is 1. The van der Waals surface area contributed by atoms with Gasteiger partial charge in [-0.1, -0.05) is 0 Å². The largest absolute Gasteiger partial charge is 0.493 e. The van der Waals surface area contributed by atoms with Crippen LogP contribution in [0.4, 0.5) is 5.69 Å². The molecule has 3 aliphatic rings. The highest BCUT2D eigenvalue weighted by atomic mass is 16.5. The number of ether oxygens (including phenoxy) is 2. The smallest absolute Gasteiger partial charge is 0.162 e. The molecule has 2 aliphatic carbocycles. The number of rotatable bonds is 5. The average molecular weight is 382 g/mol.